The van der Waals surface area contributed by atoms with Crippen LogP contribution in [0.4, 0.5) is 5.69 Å². The minimum Gasteiger partial charge on any atom is -0.497 e. The first-order chi connectivity index (χ1) is 19.7. The van der Waals surface area contributed by atoms with Gasteiger partial charge in [-0.3, -0.25) is 13.9 Å². The molecule has 0 radical (unpaired) electrons. The van der Waals surface area contributed by atoms with Crippen molar-refractivity contribution in [1.82, 2.24) is 10.2 Å². The van der Waals surface area contributed by atoms with Crippen LogP contribution in [0.1, 0.15) is 44.6 Å². The lowest BCUT2D eigenvalue weighted by molar-refractivity contribution is -0.140. The van der Waals surface area contributed by atoms with E-state index in [1.165, 1.54) is 17.0 Å². The number of amides is 2. The third-order valence-electron chi connectivity index (χ3n) is 7.32. The van der Waals surface area contributed by atoms with Gasteiger partial charge in [-0.25, -0.2) is 8.42 Å². The molecule has 0 heterocycles. The number of anilines is 1. The first kappa shape index (κ1) is 30.8. The monoisotopic (exact) mass is 689 g/mol. The molecule has 0 saturated heterocycles. The summed E-state index contributed by atoms with van der Waals surface area (Å²) in [5.41, 5.74) is 1.17. The van der Waals surface area contributed by atoms with Crippen LogP contribution in [0.5, 0.6) is 5.75 Å². The summed E-state index contributed by atoms with van der Waals surface area (Å²) < 4.78 is 35.1. The Morgan fingerprint density at radius 2 is 1.61 bits per heavy atom. The average Bonchev–Trinajstić information content (AvgIpc) is 3.50. The average molecular weight is 690 g/mol. The molecule has 0 unspecified atom stereocenters. The fourth-order valence-corrected chi connectivity index (χ4v) is 6.87. The van der Waals surface area contributed by atoms with Crippen LogP contribution in [0.2, 0.25) is 0 Å². The maximum atomic E-state index is 14.2. The molecule has 8 nitrogen and oxygen atoms in total. The molecule has 218 valence electrons. The SMILES string of the molecule is CC[C@@H](C(=O)NC1CCCC1)N(Cc1ccc(OC)cc1)C(=O)CN(c1ccc(I)cc1)S(=O)(=O)c1ccccc1. The maximum absolute atomic E-state index is 14.2. The van der Waals surface area contributed by atoms with Gasteiger partial charge in [-0.15, -0.1) is 0 Å². The largest absolute Gasteiger partial charge is 0.497 e. The molecule has 1 N–H and O–H groups in total. The van der Waals surface area contributed by atoms with Crippen LogP contribution in [0.15, 0.2) is 83.8 Å². The van der Waals surface area contributed by atoms with Crippen molar-refractivity contribution in [3.63, 3.8) is 0 Å². The number of nitrogens with zero attached hydrogens (tertiary/aromatic N) is 2. The van der Waals surface area contributed by atoms with Gasteiger partial charge in [0.05, 0.1) is 17.7 Å². The number of nitrogens with one attached hydrogen (secondary N) is 1. The Hall–Kier alpha value is -3.12. The highest BCUT2D eigenvalue weighted by Gasteiger charge is 2.34. The van der Waals surface area contributed by atoms with Crippen molar-refractivity contribution in [3.05, 3.63) is 88.0 Å². The molecule has 10 heteroatoms. The van der Waals surface area contributed by atoms with Crippen molar-refractivity contribution in [2.75, 3.05) is 18.0 Å². The Labute approximate surface area is 256 Å². The third kappa shape index (κ3) is 7.79. The minimum atomic E-state index is -4.08. The Kier molecular flexibility index (Phi) is 10.7. The highest BCUT2D eigenvalue weighted by molar-refractivity contribution is 14.1. The summed E-state index contributed by atoms with van der Waals surface area (Å²) in [4.78, 5) is 29.3. The van der Waals surface area contributed by atoms with Crippen molar-refractivity contribution in [2.45, 2.75) is 62.6 Å². The smallest absolute Gasteiger partial charge is 0.264 e. The van der Waals surface area contributed by atoms with Gasteiger partial charge in [-0.05, 0) is 95.9 Å². The van der Waals surface area contributed by atoms with E-state index in [9.17, 15) is 18.0 Å². The molecule has 4 rings (SSSR count). The fourth-order valence-electron chi connectivity index (χ4n) is 5.07. The molecule has 0 bridgehead atoms. The quantitative estimate of drug-likeness (QED) is 0.259. The number of ether oxygens (including phenoxy) is 1. The Balaban J connectivity index is 1.69. The van der Waals surface area contributed by atoms with Crippen LogP contribution in [-0.2, 0) is 26.2 Å². The van der Waals surface area contributed by atoms with Crippen LogP contribution >= 0.6 is 22.6 Å². The van der Waals surface area contributed by atoms with E-state index < -0.39 is 28.5 Å². The zero-order valence-electron chi connectivity index (χ0n) is 23.3. The van der Waals surface area contributed by atoms with Crippen LogP contribution in [0.3, 0.4) is 0 Å². The zero-order chi connectivity index (χ0) is 29.4. The van der Waals surface area contributed by atoms with E-state index in [4.69, 9.17) is 4.74 Å². The second kappa shape index (κ2) is 14.2. The van der Waals surface area contributed by atoms with Gasteiger partial charge in [-0.1, -0.05) is 50.1 Å². The molecule has 0 spiro atoms. The summed E-state index contributed by atoms with van der Waals surface area (Å²) in [5.74, 6) is -0.00299. The molecule has 2 amide bonds. The lowest BCUT2D eigenvalue weighted by Crippen LogP contribution is -2.53. The number of hydrogen-bond donors (Lipinski definition) is 1. The van der Waals surface area contributed by atoms with Gasteiger partial charge in [0.25, 0.3) is 10.0 Å². The van der Waals surface area contributed by atoms with Gasteiger partial charge in [0, 0.05) is 16.2 Å². The first-order valence-corrected chi connectivity index (χ1v) is 16.3. The van der Waals surface area contributed by atoms with Crippen molar-refractivity contribution < 1.29 is 22.7 Å². The van der Waals surface area contributed by atoms with Crippen LogP contribution in [-0.4, -0.2) is 50.9 Å². The zero-order valence-corrected chi connectivity index (χ0v) is 26.3. The molecule has 1 atom stereocenters. The number of rotatable bonds is 12. The lowest BCUT2D eigenvalue weighted by atomic mass is 10.1. The fraction of sp³-hybridized carbons (Fsp3) is 0.355. The van der Waals surface area contributed by atoms with Crippen LogP contribution < -0.4 is 14.4 Å². The van der Waals surface area contributed by atoms with Crippen molar-refractivity contribution >= 4 is 50.1 Å². The number of carbonyl (C=O) groups is 2. The number of hydrogen-bond acceptors (Lipinski definition) is 5. The van der Waals surface area contributed by atoms with Gasteiger partial charge in [-0.2, -0.15) is 0 Å². The Morgan fingerprint density at radius 3 is 2.20 bits per heavy atom. The van der Waals surface area contributed by atoms with E-state index >= 15 is 0 Å². The molecule has 0 aromatic heterocycles. The van der Waals surface area contributed by atoms with Crippen molar-refractivity contribution in [3.8, 4) is 5.75 Å². The van der Waals surface area contributed by atoms with Gasteiger partial charge in [0.2, 0.25) is 11.8 Å². The Bertz CT molecular complexity index is 1410. The number of methoxy groups -OCH3 is 1. The number of halogens is 1. The summed E-state index contributed by atoms with van der Waals surface area (Å²) >= 11 is 2.15. The highest BCUT2D eigenvalue weighted by atomic mass is 127. The van der Waals surface area contributed by atoms with Gasteiger partial charge >= 0.3 is 0 Å². The van der Waals surface area contributed by atoms with E-state index in [1.54, 1.807) is 61.7 Å². The van der Waals surface area contributed by atoms with Crippen LogP contribution in [0, 0.1) is 3.57 Å². The van der Waals surface area contributed by atoms with Gasteiger partial charge in [0.1, 0.15) is 18.3 Å². The first-order valence-electron chi connectivity index (χ1n) is 13.8. The van der Waals surface area contributed by atoms with Crippen LogP contribution in [0.25, 0.3) is 0 Å². The second-order valence-electron chi connectivity index (χ2n) is 10.1. The van der Waals surface area contributed by atoms with Gasteiger partial charge < -0.3 is 15.0 Å². The summed E-state index contributed by atoms with van der Waals surface area (Å²) in [6, 6.07) is 21.7. The summed E-state index contributed by atoms with van der Waals surface area (Å²) in [5, 5.41) is 3.13. The molecule has 0 aliphatic heterocycles. The van der Waals surface area contributed by atoms with E-state index in [2.05, 4.69) is 27.9 Å². The highest BCUT2D eigenvalue weighted by Crippen LogP contribution is 2.26. The molecule has 1 aliphatic carbocycles. The number of benzene rings is 3. The summed E-state index contributed by atoms with van der Waals surface area (Å²) in [7, 11) is -2.50. The molecule has 3 aromatic carbocycles. The maximum Gasteiger partial charge on any atom is 0.264 e. The topological polar surface area (TPSA) is 96.0 Å². The minimum absolute atomic E-state index is 0.0825. The number of carbonyl (C=O) groups excluding carboxylic acids is 2. The molecule has 1 aliphatic rings. The molecular formula is C31H36IN3O5S. The van der Waals surface area contributed by atoms with Gasteiger partial charge in [0.15, 0.2) is 0 Å². The standard InChI is InChI=1S/C31H36IN3O5S/c1-3-29(31(37)33-25-9-7-8-10-25)34(21-23-13-19-27(40-2)20-14-23)30(36)22-35(26-17-15-24(32)16-18-26)41(38,39)28-11-5-4-6-12-28/h4-6,11-20,25,29H,3,7-10,21-22H2,1-2H3,(H,33,37)/t29-/m0/s1. The summed E-state index contributed by atoms with van der Waals surface area (Å²) in [6.07, 6.45) is 4.36. The molecule has 1 saturated carbocycles. The molecule has 3 aromatic rings. The Morgan fingerprint density at radius 1 is 0.976 bits per heavy atom. The van der Waals surface area contributed by atoms with Crippen molar-refractivity contribution in [2.24, 2.45) is 0 Å². The normalized spacial score (nSPS) is 14.3. The predicted octanol–water partition coefficient (Wildman–Crippen LogP) is 5.36. The molecule has 1 fully saturated rings. The molecule has 41 heavy (non-hydrogen) atoms. The number of sulfonamides is 1. The predicted molar refractivity (Wildman–Crippen MR) is 168 cm³/mol. The van der Waals surface area contributed by atoms with E-state index in [0.717, 1.165) is 39.1 Å². The van der Waals surface area contributed by atoms with E-state index in [0.29, 0.717) is 17.9 Å². The third-order valence-corrected chi connectivity index (χ3v) is 9.83. The second-order valence-corrected chi connectivity index (χ2v) is 13.2. The van der Waals surface area contributed by atoms with E-state index in [1.807, 2.05) is 19.1 Å². The van der Waals surface area contributed by atoms with Crippen molar-refractivity contribution in [1.29, 1.82) is 0 Å². The lowest BCUT2D eigenvalue weighted by Gasteiger charge is -2.33. The molecular weight excluding hydrogens is 653 g/mol. The summed E-state index contributed by atoms with van der Waals surface area (Å²) in [6.45, 7) is 1.55. The van der Waals surface area contributed by atoms with E-state index in [-0.39, 0.29) is 23.4 Å².